The van der Waals surface area contributed by atoms with Gasteiger partial charge in [0.05, 0.1) is 18.7 Å². The number of hydrogen-bond donors (Lipinski definition) is 2. The highest BCUT2D eigenvalue weighted by atomic mass is 32.1. The van der Waals surface area contributed by atoms with Crippen LogP contribution in [0.5, 0.6) is 5.75 Å². The summed E-state index contributed by atoms with van der Waals surface area (Å²) in [6.07, 6.45) is 1.38. The number of nitrogens with one attached hydrogen (secondary N) is 2. The molecule has 0 saturated heterocycles. The zero-order valence-electron chi connectivity index (χ0n) is 16.1. The van der Waals surface area contributed by atoms with Gasteiger partial charge >= 0.3 is 0 Å². The van der Waals surface area contributed by atoms with E-state index in [9.17, 15) is 9.59 Å². The van der Waals surface area contributed by atoms with E-state index < -0.39 is 0 Å². The molecule has 0 saturated carbocycles. The molecule has 27 heavy (non-hydrogen) atoms. The van der Waals surface area contributed by atoms with Gasteiger partial charge in [-0.15, -0.1) is 11.3 Å². The van der Waals surface area contributed by atoms with Gasteiger partial charge in [-0.2, -0.15) is 0 Å². The van der Waals surface area contributed by atoms with Crippen molar-refractivity contribution in [2.24, 2.45) is 0 Å². The lowest BCUT2D eigenvalue weighted by Crippen LogP contribution is -2.35. The molecule has 2 rings (SSSR count). The van der Waals surface area contributed by atoms with E-state index in [1.165, 1.54) is 11.3 Å². The van der Waals surface area contributed by atoms with Crippen molar-refractivity contribution in [1.29, 1.82) is 0 Å². The van der Waals surface area contributed by atoms with E-state index in [2.05, 4.69) is 15.6 Å². The third kappa shape index (κ3) is 7.02. The summed E-state index contributed by atoms with van der Waals surface area (Å²) >= 11 is 1.51. The zero-order chi connectivity index (χ0) is 19.6. The van der Waals surface area contributed by atoms with Gasteiger partial charge in [0.15, 0.2) is 0 Å². The van der Waals surface area contributed by atoms with Gasteiger partial charge in [-0.3, -0.25) is 9.59 Å². The summed E-state index contributed by atoms with van der Waals surface area (Å²) in [7, 11) is 0. The number of hydrogen-bond acceptors (Lipinski definition) is 5. The quantitative estimate of drug-likeness (QED) is 0.654. The first kappa shape index (κ1) is 20.9. The zero-order valence-corrected chi connectivity index (χ0v) is 16.9. The van der Waals surface area contributed by atoms with E-state index in [1.54, 1.807) is 0 Å². The first-order valence-corrected chi connectivity index (χ1v) is 10.1. The molecule has 1 aromatic carbocycles. The van der Waals surface area contributed by atoms with Gasteiger partial charge in [-0.05, 0) is 44.5 Å². The number of aromatic nitrogens is 1. The molecule has 1 aromatic heterocycles. The minimum absolute atomic E-state index is 0.0453. The Bertz CT molecular complexity index is 743. The minimum Gasteiger partial charge on any atom is -0.494 e. The van der Waals surface area contributed by atoms with Crippen LogP contribution in [0.2, 0.25) is 0 Å². The molecular formula is C20H27N3O3S. The Balaban J connectivity index is 1.79. The molecule has 6 nitrogen and oxygen atoms in total. The average molecular weight is 390 g/mol. The largest absolute Gasteiger partial charge is 0.494 e. The predicted octanol–water partition coefficient (Wildman–Crippen LogP) is 3.17. The second kappa shape index (κ2) is 10.7. The number of carbonyl (C=O) groups is 2. The Labute approximate surface area is 164 Å². The molecule has 0 aliphatic carbocycles. The highest BCUT2D eigenvalue weighted by molar-refractivity contribution is 7.13. The molecule has 0 fully saturated rings. The van der Waals surface area contributed by atoms with E-state index in [1.807, 2.05) is 50.4 Å². The van der Waals surface area contributed by atoms with Crippen molar-refractivity contribution in [3.8, 4) is 16.3 Å². The van der Waals surface area contributed by atoms with Crippen LogP contribution in [-0.4, -0.2) is 36.0 Å². The lowest BCUT2D eigenvalue weighted by atomic mass is 10.2. The number of thiazole rings is 1. The van der Waals surface area contributed by atoms with Gasteiger partial charge in [0.1, 0.15) is 10.8 Å². The van der Waals surface area contributed by atoms with Crippen LogP contribution < -0.4 is 15.4 Å². The SMILES string of the molecule is CCOc1ccc(-c2nc(CC(=O)NCCC(=O)NC(C)CC)cs2)cc1. The summed E-state index contributed by atoms with van der Waals surface area (Å²) in [5.74, 6) is 0.653. The van der Waals surface area contributed by atoms with Crippen LogP contribution in [0.3, 0.4) is 0 Å². The standard InChI is InChI=1S/C20H27N3O3S/c1-4-14(3)22-18(24)10-11-21-19(25)12-16-13-27-20(23-16)15-6-8-17(9-7-15)26-5-2/h6-9,13-14H,4-5,10-12H2,1-3H3,(H,21,25)(H,22,24). The van der Waals surface area contributed by atoms with Crippen LogP contribution in [0, 0.1) is 0 Å². The third-order valence-electron chi connectivity index (χ3n) is 4.00. The Morgan fingerprint density at radius 3 is 2.59 bits per heavy atom. The lowest BCUT2D eigenvalue weighted by Gasteiger charge is -2.11. The maximum Gasteiger partial charge on any atom is 0.226 e. The van der Waals surface area contributed by atoms with Crippen LogP contribution in [0.15, 0.2) is 29.6 Å². The fraction of sp³-hybridized carbons (Fsp3) is 0.450. The molecule has 2 amide bonds. The third-order valence-corrected chi connectivity index (χ3v) is 4.94. The predicted molar refractivity (Wildman–Crippen MR) is 108 cm³/mol. The smallest absolute Gasteiger partial charge is 0.226 e. The summed E-state index contributed by atoms with van der Waals surface area (Å²) < 4.78 is 5.44. The summed E-state index contributed by atoms with van der Waals surface area (Å²) in [4.78, 5) is 28.3. The number of carbonyl (C=O) groups excluding carboxylic acids is 2. The van der Waals surface area contributed by atoms with Gasteiger partial charge in [0.2, 0.25) is 11.8 Å². The maximum absolute atomic E-state index is 12.0. The molecule has 146 valence electrons. The second-order valence-corrected chi connectivity index (χ2v) is 7.11. The molecular weight excluding hydrogens is 362 g/mol. The molecule has 2 N–H and O–H groups in total. The Morgan fingerprint density at radius 2 is 1.93 bits per heavy atom. The number of ether oxygens (including phenoxy) is 1. The van der Waals surface area contributed by atoms with Crippen LogP contribution in [0.1, 0.15) is 39.3 Å². The fourth-order valence-electron chi connectivity index (χ4n) is 2.37. The molecule has 1 heterocycles. The number of rotatable bonds is 10. The fourth-order valence-corrected chi connectivity index (χ4v) is 3.20. The molecule has 0 spiro atoms. The summed E-state index contributed by atoms with van der Waals surface area (Å²) in [6, 6.07) is 7.91. The Kier molecular flexibility index (Phi) is 8.26. The lowest BCUT2D eigenvalue weighted by molar-refractivity contribution is -0.122. The van der Waals surface area contributed by atoms with Crippen molar-refractivity contribution in [3.05, 3.63) is 35.3 Å². The monoisotopic (exact) mass is 389 g/mol. The van der Waals surface area contributed by atoms with E-state index in [4.69, 9.17) is 4.74 Å². The summed E-state index contributed by atoms with van der Waals surface area (Å²) in [6.45, 7) is 6.89. The molecule has 0 bridgehead atoms. The minimum atomic E-state index is -0.130. The van der Waals surface area contributed by atoms with E-state index in [-0.39, 0.29) is 30.7 Å². The molecule has 1 unspecified atom stereocenters. The van der Waals surface area contributed by atoms with Crippen molar-refractivity contribution in [2.75, 3.05) is 13.2 Å². The summed E-state index contributed by atoms with van der Waals surface area (Å²) in [5, 5.41) is 8.41. The van der Waals surface area contributed by atoms with Crippen LogP contribution in [0.4, 0.5) is 0 Å². The Hall–Kier alpha value is -2.41. The van der Waals surface area contributed by atoms with Gasteiger partial charge < -0.3 is 15.4 Å². The van der Waals surface area contributed by atoms with Crippen LogP contribution >= 0.6 is 11.3 Å². The molecule has 0 aliphatic heterocycles. The van der Waals surface area contributed by atoms with Gasteiger partial charge in [0, 0.05) is 30.0 Å². The first-order valence-electron chi connectivity index (χ1n) is 9.25. The highest BCUT2D eigenvalue weighted by Gasteiger charge is 2.10. The van der Waals surface area contributed by atoms with Crippen LogP contribution in [-0.2, 0) is 16.0 Å². The molecule has 7 heteroatoms. The number of benzene rings is 1. The van der Waals surface area contributed by atoms with E-state index in [0.717, 1.165) is 28.4 Å². The summed E-state index contributed by atoms with van der Waals surface area (Å²) in [5.41, 5.74) is 1.72. The highest BCUT2D eigenvalue weighted by Crippen LogP contribution is 2.25. The topological polar surface area (TPSA) is 80.3 Å². The van der Waals surface area contributed by atoms with Crippen molar-refractivity contribution in [2.45, 2.75) is 46.1 Å². The second-order valence-electron chi connectivity index (χ2n) is 6.25. The molecule has 1 atom stereocenters. The molecule has 2 aromatic rings. The van der Waals surface area contributed by atoms with Crippen molar-refractivity contribution < 1.29 is 14.3 Å². The van der Waals surface area contributed by atoms with Crippen LogP contribution in [0.25, 0.3) is 10.6 Å². The van der Waals surface area contributed by atoms with Gasteiger partial charge in [-0.25, -0.2) is 4.98 Å². The van der Waals surface area contributed by atoms with Crippen molar-refractivity contribution in [1.82, 2.24) is 15.6 Å². The van der Waals surface area contributed by atoms with Gasteiger partial charge in [-0.1, -0.05) is 6.92 Å². The van der Waals surface area contributed by atoms with E-state index in [0.29, 0.717) is 13.2 Å². The molecule has 0 radical (unpaired) electrons. The average Bonchev–Trinajstić information content (AvgIpc) is 3.10. The number of nitrogens with zero attached hydrogens (tertiary/aromatic N) is 1. The van der Waals surface area contributed by atoms with Crippen molar-refractivity contribution >= 4 is 23.2 Å². The Morgan fingerprint density at radius 1 is 1.19 bits per heavy atom. The number of amides is 2. The normalized spacial score (nSPS) is 11.7. The van der Waals surface area contributed by atoms with Gasteiger partial charge in [0.25, 0.3) is 0 Å². The van der Waals surface area contributed by atoms with Crippen molar-refractivity contribution in [3.63, 3.8) is 0 Å². The maximum atomic E-state index is 12.0. The first-order chi connectivity index (χ1) is 13.0. The molecule has 0 aliphatic rings. The van der Waals surface area contributed by atoms with E-state index >= 15 is 0 Å².